The maximum absolute atomic E-state index is 10.9. The summed E-state index contributed by atoms with van der Waals surface area (Å²) < 4.78 is 4.56. The number of methoxy groups -OCH3 is 1. The number of carbonyl (C=O) groups is 1. The first kappa shape index (κ1) is 12.1. The minimum absolute atomic E-state index is 0.195. The fourth-order valence-corrected chi connectivity index (χ4v) is 1.84. The van der Waals surface area contributed by atoms with Crippen molar-refractivity contribution in [3.63, 3.8) is 0 Å². The smallest absolute Gasteiger partial charge is 0.315 e. The van der Waals surface area contributed by atoms with Crippen LogP contribution in [0.1, 0.15) is 5.56 Å². The third-order valence-corrected chi connectivity index (χ3v) is 2.87. The lowest BCUT2D eigenvalue weighted by Crippen LogP contribution is -2.05. The highest BCUT2D eigenvalue weighted by Gasteiger charge is 2.01. The molecule has 1 aromatic rings. The van der Waals surface area contributed by atoms with E-state index in [0.29, 0.717) is 5.75 Å². The largest absolute Gasteiger partial charge is 0.468 e. The molecule has 0 saturated carbocycles. The molecule has 0 saturated heterocycles. The van der Waals surface area contributed by atoms with Gasteiger partial charge in [-0.25, -0.2) is 0 Å². The number of hydrogen-bond donors (Lipinski definition) is 1. The topological polar surface area (TPSA) is 38.3 Å². The van der Waals surface area contributed by atoms with Crippen LogP contribution in [0.2, 0.25) is 0 Å². The van der Waals surface area contributed by atoms with Crippen LogP contribution in [0.15, 0.2) is 29.2 Å². The Bertz CT molecular complexity index is 311. The molecule has 0 radical (unpaired) electrons. The predicted molar refractivity (Wildman–Crippen MR) is 61.9 cm³/mol. The summed E-state index contributed by atoms with van der Waals surface area (Å²) in [4.78, 5) is 12.0. The van der Waals surface area contributed by atoms with Crippen molar-refractivity contribution >= 4 is 17.7 Å². The minimum atomic E-state index is -0.195. The van der Waals surface area contributed by atoms with Crippen LogP contribution in [-0.4, -0.2) is 25.9 Å². The number of rotatable bonds is 5. The Balaban J connectivity index is 2.45. The van der Waals surface area contributed by atoms with Crippen LogP contribution >= 0.6 is 11.8 Å². The second-order valence-corrected chi connectivity index (χ2v) is 4.09. The van der Waals surface area contributed by atoms with Crippen LogP contribution in [0.3, 0.4) is 0 Å². The second-order valence-electron chi connectivity index (χ2n) is 3.04. The number of esters is 1. The van der Waals surface area contributed by atoms with E-state index in [0.717, 1.165) is 11.4 Å². The summed E-state index contributed by atoms with van der Waals surface area (Å²) in [7, 11) is 3.32. The summed E-state index contributed by atoms with van der Waals surface area (Å²) in [5.41, 5.74) is 1.24. The maximum Gasteiger partial charge on any atom is 0.315 e. The molecule has 4 heteroatoms. The third kappa shape index (κ3) is 4.36. The van der Waals surface area contributed by atoms with Crippen molar-refractivity contribution < 1.29 is 9.53 Å². The quantitative estimate of drug-likeness (QED) is 0.611. The van der Waals surface area contributed by atoms with E-state index in [2.05, 4.69) is 22.2 Å². The molecule has 0 aromatic heterocycles. The molecule has 1 rings (SSSR count). The van der Waals surface area contributed by atoms with E-state index in [4.69, 9.17) is 0 Å². The first-order valence-corrected chi connectivity index (χ1v) is 5.68. The first-order valence-electron chi connectivity index (χ1n) is 4.69. The van der Waals surface area contributed by atoms with Crippen molar-refractivity contribution in [3.8, 4) is 0 Å². The molecule has 0 spiro atoms. The van der Waals surface area contributed by atoms with Gasteiger partial charge in [0.15, 0.2) is 0 Å². The summed E-state index contributed by atoms with van der Waals surface area (Å²) in [5.74, 6) is 0.168. The van der Waals surface area contributed by atoms with Gasteiger partial charge in [-0.15, -0.1) is 11.8 Å². The lowest BCUT2D eigenvalue weighted by Gasteiger charge is -2.03. The fourth-order valence-electron chi connectivity index (χ4n) is 1.11. The molecule has 82 valence electrons. The molecule has 1 N–H and O–H groups in total. The molecule has 0 bridgehead atoms. The van der Waals surface area contributed by atoms with E-state index in [1.807, 2.05) is 19.2 Å². The lowest BCUT2D eigenvalue weighted by atomic mass is 10.2. The van der Waals surface area contributed by atoms with Crippen molar-refractivity contribution in [3.05, 3.63) is 29.8 Å². The van der Waals surface area contributed by atoms with Crippen molar-refractivity contribution in [2.24, 2.45) is 0 Å². The van der Waals surface area contributed by atoms with Crippen molar-refractivity contribution in [1.82, 2.24) is 5.32 Å². The van der Waals surface area contributed by atoms with Gasteiger partial charge < -0.3 is 10.1 Å². The zero-order chi connectivity index (χ0) is 11.1. The van der Waals surface area contributed by atoms with Gasteiger partial charge in [0.1, 0.15) is 0 Å². The van der Waals surface area contributed by atoms with Gasteiger partial charge in [0, 0.05) is 11.4 Å². The normalized spacial score (nSPS) is 10.0. The number of nitrogens with one attached hydrogen (secondary N) is 1. The molecule has 0 atom stereocenters. The molecule has 1 aromatic carbocycles. The van der Waals surface area contributed by atoms with Crippen LogP contribution < -0.4 is 5.32 Å². The standard InChI is InChI=1S/C11H15NO2S/c1-12-7-9-3-5-10(6-4-9)15-8-11(13)14-2/h3-6,12H,7-8H2,1-2H3. The van der Waals surface area contributed by atoms with Gasteiger partial charge >= 0.3 is 5.97 Å². The summed E-state index contributed by atoms with van der Waals surface area (Å²) in [6.45, 7) is 0.863. The first-order chi connectivity index (χ1) is 7.26. The van der Waals surface area contributed by atoms with E-state index in [1.165, 1.54) is 24.4 Å². The number of hydrogen-bond acceptors (Lipinski definition) is 4. The average molecular weight is 225 g/mol. The summed E-state index contributed by atoms with van der Waals surface area (Å²) >= 11 is 1.48. The highest BCUT2D eigenvalue weighted by atomic mass is 32.2. The monoisotopic (exact) mass is 225 g/mol. The Labute approximate surface area is 94.2 Å². The SMILES string of the molecule is CNCc1ccc(SCC(=O)OC)cc1. The second kappa shape index (κ2) is 6.48. The lowest BCUT2D eigenvalue weighted by molar-refractivity contribution is -0.137. The molecule has 3 nitrogen and oxygen atoms in total. The van der Waals surface area contributed by atoms with E-state index in [1.54, 1.807) is 0 Å². The van der Waals surface area contributed by atoms with Gasteiger partial charge in [0.05, 0.1) is 12.9 Å². The van der Waals surface area contributed by atoms with Gasteiger partial charge in [0.2, 0.25) is 0 Å². The zero-order valence-corrected chi connectivity index (χ0v) is 9.76. The van der Waals surface area contributed by atoms with Gasteiger partial charge in [-0.1, -0.05) is 12.1 Å². The van der Waals surface area contributed by atoms with Crippen LogP contribution in [-0.2, 0) is 16.1 Å². The van der Waals surface area contributed by atoms with E-state index in [9.17, 15) is 4.79 Å². The molecule has 0 amide bonds. The molecule has 0 fully saturated rings. The number of carbonyl (C=O) groups excluding carboxylic acids is 1. The fraction of sp³-hybridized carbons (Fsp3) is 0.364. The van der Waals surface area contributed by atoms with E-state index >= 15 is 0 Å². The van der Waals surface area contributed by atoms with Crippen molar-refractivity contribution in [2.45, 2.75) is 11.4 Å². The van der Waals surface area contributed by atoms with Crippen molar-refractivity contribution in [2.75, 3.05) is 19.9 Å². The van der Waals surface area contributed by atoms with Crippen LogP contribution in [0, 0.1) is 0 Å². The number of benzene rings is 1. The van der Waals surface area contributed by atoms with Gasteiger partial charge in [-0.2, -0.15) is 0 Å². The maximum atomic E-state index is 10.9. The summed E-state index contributed by atoms with van der Waals surface area (Å²) in [6, 6.07) is 8.13. The summed E-state index contributed by atoms with van der Waals surface area (Å²) in [5, 5.41) is 3.08. The number of thioether (sulfide) groups is 1. The molecule has 0 aliphatic heterocycles. The van der Waals surface area contributed by atoms with E-state index < -0.39 is 0 Å². The van der Waals surface area contributed by atoms with Gasteiger partial charge in [-0.05, 0) is 24.7 Å². The molecule has 0 unspecified atom stereocenters. The highest BCUT2D eigenvalue weighted by Crippen LogP contribution is 2.18. The molecule has 0 aliphatic carbocycles. The predicted octanol–water partition coefficient (Wildman–Crippen LogP) is 1.67. The van der Waals surface area contributed by atoms with E-state index in [-0.39, 0.29) is 5.97 Å². The average Bonchev–Trinajstić information content (AvgIpc) is 2.28. The van der Waals surface area contributed by atoms with Crippen LogP contribution in [0.4, 0.5) is 0 Å². The van der Waals surface area contributed by atoms with Gasteiger partial charge in [-0.3, -0.25) is 4.79 Å². The molecule has 0 heterocycles. The summed E-state index contributed by atoms with van der Waals surface area (Å²) in [6.07, 6.45) is 0. The Morgan fingerprint density at radius 1 is 1.40 bits per heavy atom. The number of ether oxygens (including phenoxy) is 1. The molecular weight excluding hydrogens is 210 g/mol. The van der Waals surface area contributed by atoms with Crippen LogP contribution in [0.5, 0.6) is 0 Å². The molecule has 0 aliphatic rings. The Kier molecular flexibility index (Phi) is 5.21. The Morgan fingerprint density at radius 3 is 2.60 bits per heavy atom. The van der Waals surface area contributed by atoms with Crippen LogP contribution in [0.25, 0.3) is 0 Å². The highest BCUT2D eigenvalue weighted by molar-refractivity contribution is 8.00. The van der Waals surface area contributed by atoms with Gasteiger partial charge in [0.25, 0.3) is 0 Å². The zero-order valence-electron chi connectivity index (χ0n) is 8.95. The minimum Gasteiger partial charge on any atom is -0.468 e. The molecule has 15 heavy (non-hydrogen) atoms. The molecular formula is C11H15NO2S. The Morgan fingerprint density at radius 2 is 2.07 bits per heavy atom. The third-order valence-electron chi connectivity index (χ3n) is 1.89. The Hall–Kier alpha value is -1.00. The van der Waals surface area contributed by atoms with Crippen molar-refractivity contribution in [1.29, 1.82) is 0 Å².